The quantitative estimate of drug-likeness (QED) is 0.772. The van der Waals surface area contributed by atoms with Crippen LogP contribution >= 0.6 is 11.3 Å². The van der Waals surface area contributed by atoms with Crippen molar-refractivity contribution < 1.29 is 13.2 Å². The van der Waals surface area contributed by atoms with Crippen molar-refractivity contribution in [1.82, 2.24) is 9.62 Å². The molecule has 1 aromatic heterocycles. The van der Waals surface area contributed by atoms with Gasteiger partial charge >= 0.3 is 0 Å². The van der Waals surface area contributed by atoms with Gasteiger partial charge < -0.3 is 5.32 Å². The molecule has 2 unspecified atom stereocenters. The van der Waals surface area contributed by atoms with Crippen molar-refractivity contribution in [3.63, 3.8) is 0 Å². The van der Waals surface area contributed by atoms with Crippen LogP contribution < -0.4 is 10.0 Å². The topological polar surface area (TPSA) is 78.5 Å². The summed E-state index contributed by atoms with van der Waals surface area (Å²) in [5.41, 5.74) is 1.99. The molecule has 8 heteroatoms. The van der Waals surface area contributed by atoms with Crippen molar-refractivity contribution in [3.8, 4) is 0 Å². The number of sulfonamides is 1. The molecule has 2 aromatic rings. The minimum atomic E-state index is -3.58. The number of hydrogen-bond acceptors (Lipinski definition) is 5. The van der Waals surface area contributed by atoms with Gasteiger partial charge in [-0.1, -0.05) is 0 Å². The van der Waals surface area contributed by atoms with Gasteiger partial charge in [-0.3, -0.25) is 9.69 Å². The van der Waals surface area contributed by atoms with Gasteiger partial charge in [-0.25, -0.2) is 13.1 Å². The Morgan fingerprint density at radius 3 is 2.59 bits per heavy atom. The average Bonchev–Trinajstić information content (AvgIpc) is 3.06. The molecule has 1 aliphatic rings. The van der Waals surface area contributed by atoms with E-state index >= 15 is 0 Å². The molecular formula is C19H25N3O3S2. The number of anilines is 1. The van der Waals surface area contributed by atoms with Crippen molar-refractivity contribution in [2.75, 3.05) is 18.4 Å². The van der Waals surface area contributed by atoms with Gasteiger partial charge in [0.05, 0.1) is 4.90 Å². The SMILES string of the molecule is CC(=O)Nc1ccc(S(=O)(=O)NCCN2C(C)Cc3ccsc3C2C)cc1. The summed E-state index contributed by atoms with van der Waals surface area (Å²) in [5.74, 6) is -0.192. The number of amides is 1. The lowest BCUT2D eigenvalue weighted by Gasteiger charge is -2.38. The Hall–Kier alpha value is -1.74. The summed E-state index contributed by atoms with van der Waals surface area (Å²) < 4.78 is 27.7. The molecule has 146 valence electrons. The molecule has 0 radical (unpaired) electrons. The minimum absolute atomic E-state index is 0.192. The van der Waals surface area contributed by atoms with Gasteiger partial charge in [0.15, 0.2) is 0 Å². The highest BCUT2D eigenvalue weighted by Gasteiger charge is 2.30. The first-order valence-corrected chi connectivity index (χ1v) is 11.3. The first kappa shape index (κ1) is 20.0. The zero-order valence-electron chi connectivity index (χ0n) is 15.7. The fourth-order valence-corrected chi connectivity index (χ4v) is 5.61. The van der Waals surface area contributed by atoms with Gasteiger partial charge in [-0.15, -0.1) is 11.3 Å². The van der Waals surface area contributed by atoms with Crippen LogP contribution in [0.15, 0.2) is 40.6 Å². The van der Waals surface area contributed by atoms with E-state index in [2.05, 4.69) is 40.2 Å². The third kappa shape index (κ3) is 4.57. The minimum Gasteiger partial charge on any atom is -0.326 e. The molecule has 0 spiro atoms. The van der Waals surface area contributed by atoms with Gasteiger partial charge in [-0.05, 0) is 61.5 Å². The molecule has 6 nitrogen and oxygen atoms in total. The second-order valence-electron chi connectivity index (χ2n) is 6.88. The Labute approximate surface area is 164 Å². The number of hydrogen-bond donors (Lipinski definition) is 2. The second-order valence-corrected chi connectivity index (χ2v) is 9.60. The highest BCUT2D eigenvalue weighted by Crippen LogP contribution is 2.35. The molecule has 1 aromatic carbocycles. The van der Waals surface area contributed by atoms with Crippen molar-refractivity contribution >= 4 is 33.0 Å². The number of nitrogens with zero attached hydrogens (tertiary/aromatic N) is 1. The predicted octanol–water partition coefficient (Wildman–Crippen LogP) is 2.99. The Morgan fingerprint density at radius 2 is 1.93 bits per heavy atom. The molecule has 0 aliphatic carbocycles. The van der Waals surface area contributed by atoms with E-state index in [1.54, 1.807) is 23.5 Å². The molecular weight excluding hydrogens is 382 g/mol. The third-order valence-corrected chi connectivity index (χ3v) is 7.49. The third-order valence-electron chi connectivity index (χ3n) is 4.89. The molecule has 0 fully saturated rings. The fraction of sp³-hybridized carbons (Fsp3) is 0.421. The zero-order chi connectivity index (χ0) is 19.6. The van der Waals surface area contributed by atoms with Crippen molar-refractivity contribution in [3.05, 3.63) is 46.2 Å². The van der Waals surface area contributed by atoms with E-state index < -0.39 is 10.0 Å². The summed E-state index contributed by atoms with van der Waals surface area (Å²) >= 11 is 1.77. The first-order valence-electron chi connectivity index (χ1n) is 8.97. The monoisotopic (exact) mass is 407 g/mol. The Balaban J connectivity index is 1.60. The van der Waals surface area contributed by atoms with Crippen LogP contribution in [0.2, 0.25) is 0 Å². The molecule has 0 bridgehead atoms. The summed E-state index contributed by atoms with van der Waals surface area (Å²) in [5, 5.41) is 4.76. The number of thiophene rings is 1. The van der Waals surface area contributed by atoms with Gasteiger partial charge in [0, 0.05) is 42.7 Å². The number of benzene rings is 1. The molecule has 1 aliphatic heterocycles. The van der Waals surface area contributed by atoms with Crippen molar-refractivity contribution in [2.45, 2.75) is 44.2 Å². The molecule has 1 amide bonds. The van der Waals surface area contributed by atoms with Crippen molar-refractivity contribution in [1.29, 1.82) is 0 Å². The number of carbonyl (C=O) groups excluding carboxylic acids is 1. The van der Waals surface area contributed by atoms with E-state index in [9.17, 15) is 13.2 Å². The Morgan fingerprint density at radius 1 is 1.22 bits per heavy atom. The lowest BCUT2D eigenvalue weighted by atomic mass is 9.97. The highest BCUT2D eigenvalue weighted by molar-refractivity contribution is 7.89. The van der Waals surface area contributed by atoms with Crippen molar-refractivity contribution in [2.24, 2.45) is 0 Å². The average molecular weight is 408 g/mol. The van der Waals surface area contributed by atoms with E-state index in [0.717, 1.165) is 6.42 Å². The summed E-state index contributed by atoms with van der Waals surface area (Å²) in [6, 6.07) is 9.04. The van der Waals surface area contributed by atoms with E-state index in [1.165, 1.54) is 29.5 Å². The van der Waals surface area contributed by atoms with Crippen LogP contribution in [0.1, 0.15) is 37.3 Å². The normalized spacial score (nSPS) is 20.3. The molecule has 2 atom stereocenters. The predicted molar refractivity (Wildman–Crippen MR) is 109 cm³/mol. The lowest BCUT2D eigenvalue weighted by molar-refractivity contribution is -0.114. The van der Waals surface area contributed by atoms with Crippen LogP contribution in [0.25, 0.3) is 0 Å². The summed E-state index contributed by atoms with van der Waals surface area (Å²) in [7, 11) is -3.58. The maximum atomic E-state index is 12.5. The van der Waals surface area contributed by atoms with E-state index in [4.69, 9.17) is 0 Å². The lowest BCUT2D eigenvalue weighted by Crippen LogP contribution is -2.44. The van der Waals surface area contributed by atoms with Gasteiger partial charge in [0.25, 0.3) is 0 Å². The van der Waals surface area contributed by atoms with E-state index in [-0.39, 0.29) is 10.8 Å². The highest BCUT2D eigenvalue weighted by atomic mass is 32.2. The standard InChI is InChI=1S/C19H25N3O3S2/c1-13-12-16-8-11-26-19(16)14(2)22(13)10-9-20-27(24,25)18-6-4-17(5-7-18)21-15(3)23/h4-8,11,13-14,20H,9-10,12H2,1-3H3,(H,21,23). The van der Waals surface area contributed by atoms with Crippen LogP contribution in [0.4, 0.5) is 5.69 Å². The van der Waals surface area contributed by atoms with Crippen LogP contribution in [-0.4, -0.2) is 38.4 Å². The Bertz CT molecular complexity index is 907. The molecule has 27 heavy (non-hydrogen) atoms. The first-order chi connectivity index (χ1) is 12.8. The van der Waals surface area contributed by atoms with Crippen LogP contribution in [-0.2, 0) is 21.2 Å². The number of rotatable bonds is 6. The van der Waals surface area contributed by atoms with E-state index in [0.29, 0.717) is 30.9 Å². The van der Waals surface area contributed by atoms with Crippen LogP contribution in [0.5, 0.6) is 0 Å². The van der Waals surface area contributed by atoms with Gasteiger partial charge in [-0.2, -0.15) is 0 Å². The number of fused-ring (bicyclic) bond motifs is 1. The van der Waals surface area contributed by atoms with Gasteiger partial charge in [0.2, 0.25) is 15.9 Å². The maximum Gasteiger partial charge on any atom is 0.240 e. The maximum absolute atomic E-state index is 12.5. The molecule has 0 saturated heterocycles. The Kier molecular flexibility index (Phi) is 6.00. The molecule has 3 rings (SSSR count). The molecule has 2 N–H and O–H groups in total. The zero-order valence-corrected chi connectivity index (χ0v) is 17.4. The second kappa shape index (κ2) is 8.10. The fourth-order valence-electron chi connectivity index (χ4n) is 3.58. The summed E-state index contributed by atoms with van der Waals surface area (Å²) in [4.78, 5) is 15.0. The van der Waals surface area contributed by atoms with Gasteiger partial charge in [0.1, 0.15) is 0 Å². The van der Waals surface area contributed by atoms with Crippen LogP contribution in [0.3, 0.4) is 0 Å². The van der Waals surface area contributed by atoms with Crippen LogP contribution in [0, 0.1) is 0 Å². The number of nitrogens with one attached hydrogen (secondary N) is 2. The molecule has 2 heterocycles. The number of carbonyl (C=O) groups is 1. The summed E-state index contributed by atoms with van der Waals surface area (Å²) in [6.07, 6.45) is 1.00. The van der Waals surface area contributed by atoms with E-state index in [1.807, 2.05) is 0 Å². The smallest absolute Gasteiger partial charge is 0.240 e. The largest absolute Gasteiger partial charge is 0.326 e. The molecule has 0 saturated carbocycles. The summed E-state index contributed by atoms with van der Waals surface area (Å²) in [6.45, 7) is 6.79.